The monoisotopic (exact) mass is 395 g/mol. The first kappa shape index (κ1) is 18.4. The molecule has 4 rings (SSSR count). The molecule has 0 bridgehead atoms. The fourth-order valence-electron chi connectivity index (χ4n) is 3.57. The molecule has 0 N–H and O–H groups in total. The zero-order chi connectivity index (χ0) is 19.6. The van der Waals surface area contributed by atoms with E-state index in [1.807, 2.05) is 54.7 Å². The Morgan fingerprint density at radius 3 is 2.57 bits per heavy atom. The lowest BCUT2D eigenvalue weighted by atomic mass is 10.1. The molecule has 0 saturated carbocycles. The second-order valence-electron chi connectivity index (χ2n) is 6.85. The van der Waals surface area contributed by atoms with E-state index in [0.717, 1.165) is 11.3 Å². The normalized spacial score (nSPS) is 19.1. The molecule has 6 nitrogen and oxygen atoms in total. The van der Waals surface area contributed by atoms with E-state index in [0.29, 0.717) is 18.5 Å². The van der Waals surface area contributed by atoms with Gasteiger partial charge in [-0.3, -0.25) is 4.79 Å². The van der Waals surface area contributed by atoms with Crippen molar-refractivity contribution in [2.24, 2.45) is 0 Å². The van der Waals surface area contributed by atoms with Gasteiger partial charge in [-0.1, -0.05) is 36.4 Å². The molecule has 0 aliphatic carbocycles. The Hall–Kier alpha value is -2.93. The van der Waals surface area contributed by atoms with Crippen LogP contribution in [0.5, 0.6) is 0 Å². The van der Waals surface area contributed by atoms with Gasteiger partial charge in [0.05, 0.1) is 16.7 Å². The van der Waals surface area contributed by atoms with Crippen LogP contribution in [0.4, 0.5) is 0 Å². The summed E-state index contributed by atoms with van der Waals surface area (Å²) in [6.07, 6.45) is 3.89. The highest BCUT2D eigenvalue weighted by Crippen LogP contribution is 2.29. The van der Waals surface area contributed by atoms with Crippen molar-refractivity contribution >= 4 is 15.7 Å². The van der Waals surface area contributed by atoms with Gasteiger partial charge >= 0.3 is 0 Å². The largest absolute Gasteiger partial charge is 0.338 e. The maximum absolute atomic E-state index is 13.0. The first-order chi connectivity index (χ1) is 13.5. The topological polar surface area (TPSA) is 72.3 Å². The number of sulfone groups is 1. The smallest absolute Gasteiger partial charge is 0.253 e. The summed E-state index contributed by atoms with van der Waals surface area (Å²) < 4.78 is 27.2. The minimum absolute atomic E-state index is 0.0306. The van der Waals surface area contributed by atoms with Crippen molar-refractivity contribution in [2.45, 2.75) is 11.7 Å². The number of amides is 1. The second kappa shape index (κ2) is 7.59. The minimum atomic E-state index is -3.31. The summed E-state index contributed by atoms with van der Waals surface area (Å²) in [5.74, 6) is -0.185. The molecule has 1 atom stereocenters. The van der Waals surface area contributed by atoms with E-state index in [9.17, 15) is 13.2 Å². The van der Waals surface area contributed by atoms with Crippen LogP contribution in [0.3, 0.4) is 0 Å². The van der Waals surface area contributed by atoms with Crippen molar-refractivity contribution in [2.75, 3.05) is 18.8 Å². The van der Waals surface area contributed by atoms with Crippen molar-refractivity contribution in [3.8, 4) is 5.69 Å². The SMILES string of the molecule is O=C(c1cccc(-n2cccn2)c1)N1CCC(c2ccccc2)S(=O)(=O)CC1. The highest BCUT2D eigenvalue weighted by Gasteiger charge is 2.32. The van der Waals surface area contributed by atoms with Crippen molar-refractivity contribution in [1.29, 1.82) is 0 Å². The number of hydrogen-bond donors (Lipinski definition) is 0. The Kier molecular flexibility index (Phi) is 5.00. The standard InChI is InChI=1S/C21H21N3O3S/c25-21(18-8-4-9-19(16-18)24-12-5-11-22-24)23-13-10-20(28(26,27)15-14-23)17-6-2-1-3-7-17/h1-9,11-12,16,20H,10,13-15H2. The highest BCUT2D eigenvalue weighted by molar-refractivity contribution is 7.91. The number of aromatic nitrogens is 2. The van der Waals surface area contributed by atoms with Crippen LogP contribution in [0.2, 0.25) is 0 Å². The van der Waals surface area contributed by atoms with Crippen LogP contribution in [-0.2, 0) is 9.84 Å². The predicted octanol–water partition coefficient (Wildman–Crippen LogP) is 2.87. The Bertz CT molecular complexity index is 1060. The molecular weight excluding hydrogens is 374 g/mol. The zero-order valence-electron chi connectivity index (χ0n) is 15.3. The van der Waals surface area contributed by atoms with E-state index in [2.05, 4.69) is 5.10 Å². The third kappa shape index (κ3) is 3.71. The molecule has 7 heteroatoms. The zero-order valence-corrected chi connectivity index (χ0v) is 16.1. The maximum Gasteiger partial charge on any atom is 0.253 e. The molecule has 1 unspecified atom stereocenters. The Morgan fingerprint density at radius 2 is 1.82 bits per heavy atom. The molecule has 1 aliphatic rings. The molecule has 1 saturated heterocycles. The van der Waals surface area contributed by atoms with Crippen molar-refractivity contribution in [1.82, 2.24) is 14.7 Å². The van der Waals surface area contributed by atoms with Crippen molar-refractivity contribution < 1.29 is 13.2 Å². The summed E-state index contributed by atoms with van der Waals surface area (Å²) in [5.41, 5.74) is 2.11. The fraction of sp³-hybridized carbons (Fsp3) is 0.238. The van der Waals surface area contributed by atoms with E-state index in [-0.39, 0.29) is 18.2 Å². The second-order valence-corrected chi connectivity index (χ2v) is 9.15. The van der Waals surface area contributed by atoms with E-state index in [1.165, 1.54) is 0 Å². The number of benzene rings is 2. The lowest BCUT2D eigenvalue weighted by Crippen LogP contribution is -2.33. The summed E-state index contributed by atoms with van der Waals surface area (Å²) in [5, 5.41) is 3.62. The number of nitrogens with zero attached hydrogens (tertiary/aromatic N) is 3. The third-order valence-corrected chi connectivity index (χ3v) is 7.19. The molecular formula is C21H21N3O3S. The highest BCUT2D eigenvalue weighted by atomic mass is 32.2. The van der Waals surface area contributed by atoms with Gasteiger partial charge in [-0.15, -0.1) is 0 Å². The van der Waals surface area contributed by atoms with Gasteiger partial charge in [0.2, 0.25) is 0 Å². The summed E-state index contributed by atoms with van der Waals surface area (Å²) in [4.78, 5) is 14.7. The average molecular weight is 395 g/mol. The fourth-order valence-corrected chi connectivity index (χ4v) is 5.37. The van der Waals surface area contributed by atoms with E-state index < -0.39 is 15.1 Å². The molecule has 3 aromatic rings. The van der Waals surface area contributed by atoms with Crippen LogP contribution in [0, 0.1) is 0 Å². The van der Waals surface area contributed by atoms with Crippen LogP contribution in [0.25, 0.3) is 5.69 Å². The van der Waals surface area contributed by atoms with E-state index in [1.54, 1.807) is 27.9 Å². The van der Waals surface area contributed by atoms with Crippen LogP contribution < -0.4 is 0 Å². The number of carbonyl (C=O) groups excluding carboxylic acids is 1. The number of hydrogen-bond acceptors (Lipinski definition) is 4. The molecule has 0 radical (unpaired) electrons. The first-order valence-corrected chi connectivity index (χ1v) is 10.9. The van der Waals surface area contributed by atoms with Gasteiger partial charge in [-0.25, -0.2) is 13.1 Å². The number of rotatable bonds is 3. The minimum Gasteiger partial charge on any atom is -0.338 e. The van der Waals surface area contributed by atoms with Gasteiger partial charge < -0.3 is 4.90 Å². The lowest BCUT2D eigenvalue weighted by molar-refractivity contribution is 0.0766. The molecule has 2 aromatic carbocycles. The van der Waals surface area contributed by atoms with Crippen LogP contribution >= 0.6 is 0 Å². The molecule has 0 spiro atoms. The summed E-state index contributed by atoms with van der Waals surface area (Å²) in [6, 6.07) is 18.3. The Balaban J connectivity index is 1.56. The molecule has 2 heterocycles. The van der Waals surface area contributed by atoms with Crippen LogP contribution in [0.1, 0.15) is 27.6 Å². The lowest BCUT2D eigenvalue weighted by Gasteiger charge is -2.20. The molecule has 28 heavy (non-hydrogen) atoms. The van der Waals surface area contributed by atoms with Crippen LogP contribution in [-0.4, -0.2) is 47.8 Å². The molecule has 1 fully saturated rings. The molecule has 144 valence electrons. The van der Waals surface area contributed by atoms with E-state index >= 15 is 0 Å². The Labute approximate surface area is 164 Å². The summed E-state index contributed by atoms with van der Waals surface area (Å²) >= 11 is 0. The predicted molar refractivity (Wildman–Crippen MR) is 107 cm³/mol. The first-order valence-electron chi connectivity index (χ1n) is 9.20. The van der Waals surface area contributed by atoms with Crippen LogP contribution in [0.15, 0.2) is 73.1 Å². The Morgan fingerprint density at radius 1 is 1.00 bits per heavy atom. The van der Waals surface area contributed by atoms with Gasteiger partial charge in [0.1, 0.15) is 0 Å². The van der Waals surface area contributed by atoms with Gasteiger partial charge in [-0.2, -0.15) is 5.10 Å². The van der Waals surface area contributed by atoms with Gasteiger partial charge in [0.15, 0.2) is 9.84 Å². The van der Waals surface area contributed by atoms with Gasteiger partial charge in [0, 0.05) is 31.0 Å². The maximum atomic E-state index is 13.0. The summed E-state index contributed by atoms with van der Waals surface area (Å²) in [7, 11) is -3.31. The van der Waals surface area contributed by atoms with Gasteiger partial charge in [0.25, 0.3) is 5.91 Å². The van der Waals surface area contributed by atoms with E-state index in [4.69, 9.17) is 0 Å². The summed E-state index contributed by atoms with van der Waals surface area (Å²) in [6.45, 7) is 0.611. The third-order valence-electron chi connectivity index (χ3n) is 5.06. The van der Waals surface area contributed by atoms with Crippen molar-refractivity contribution in [3.05, 3.63) is 84.2 Å². The average Bonchev–Trinajstić information content (AvgIpc) is 3.20. The quantitative estimate of drug-likeness (QED) is 0.684. The van der Waals surface area contributed by atoms with Gasteiger partial charge in [-0.05, 0) is 36.2 Å². The number of carbonyl (C=O) groups is 1. The molecule has 1 aromatic heterocycles. The molecule has 1 aliphatic heterocycles. The molecule has 1 amide bonds. The van der Waals surface area contributed by atoms with Crippen molar-refractivity contribution in [3.63, 3.8) is 0 Å².